The monoisotopic (exact) mass is 290 g/mol. The molecule has 0 spiro atoms. The highest BCUT2D eigenvalue weighted by atomic mass is 16.4. The van der Waals surface area contributed by atoms with E-state index in [0.717, 1.165) is 17.5 Å². The molecule has 0 bridgehead atoms. The number of hydrogen-bond acceptors (Lipinski definition) is 3. The number of carbonyl (C=O) groups is 2. The molecule has 5 nitrogen and oxygen atoms in total. The molecule has 0 aromatic heterocycles. The number of carboxylic acids is 1. The van der Waals surface area contributed by atoms with Gasteiger partial charge in [0.1, 0.15) is 0 Å². The van der Waals surface area contributed by atoms with Crippen molar-refractivity contribution in [1.29, 1.82) is 0 Å². The van der Waals surface area contributed by atoms with E-state index in [0.29, 0.717) is 6.54 Å². The molecular weight excluding hydrogens is 268 g/mol. The second-order valence-corrected chi connectivity index (χ2v) is 5.55. The maximum absolute atomic E-state index is 12.3. The summed E-state index contributed by atoms with van der Waals surface area (Å²) in [5, 5.41) is 12.5. The van der Waals surface area contributed by atoms with Gasteiger partial charge in [0.2, 0.25) is 5.91 Å². The minimum atomic E-state index is -0.880. The SMILES string of the molecule is CCC(C)NCC(=O)N1Cc2ccccc2C(C(=O)O)C1. The van der Waals surface area contributed by atoms with Gasteiger partial charge in [-0.3, -0.25) is 9.59 Å². The minimum Gasteiger partial charge on any atom is -0.481 e. The molecule has 0 aliphatic carbocycles. The zero-order valence-electron chi connectivity index (χ0n) is 12.5. The highest BCUT2D eigenvalue weighted by Gasteiger charge is 2.32. The molecule has 5 heteroatoms. The number of amides is 1. The molecule has 0 saturated carbocycles. The number of carboxylic acid groups (broad SMARTS) is 1. The molecule has 1 amide bonds. The van der Waals surface area contributed by atoms with Crippen molar-refractivity contribution in [2.75, 3.05) is 13.1 Å². The van der Waals surface area contributed by atoms with Crippen molar-refractivity contribution in [1.82, 2.24) is 10.2 Å². The maximum atomic E-state index is 12.3. The lowest BCUT2D eigenvalue weighted by Crippen LogP contribution is -2.45. The van der Waals surface area contributed by atoms with E-state index in [-0.39, 0.29) is 25.0 Å². The zero-order chi connectivity index (χ0) is 15.4. The van der Waals surface area contributed by atoms with E-state index in [1.54, 1.807) is 4.90 Å². The predicted octanol–water partition coefficient (Wildman–Crippen LogP) is 1.59. The molecular formula is C16H22N2O3. The van der Waals surface area contributed by atoms with Crippen LogP contribution in [0.2, 0.25) is 0 Å². The number of benzene rings is 1. The van der Waals surface area contributed by atoms with E-state index in [4.69, 9.17) is 0 Å². The lowest BCUT2D eigenvalue weighted by molar-refractivity contribution is -0.141. The second-order valence-electron chi connectivity index (χ2n) is 5.55. The summed E-state index contributed by atoms with van der Waals surface area (Å²) >= 11 is 0. The molecule has 21 heavy (non-hydrogen) atoms. The van der Waals surface area contributed by atoms with Gasteiger partial charge in [0, 0.05) is 19.1 Å². The Morgan fingerprint density at radius 2 is 2.14 bits per heavy atom. The van der Waals surface area contributed by atoms with Crippen LogP contribution in [0.3, 0.4) is 0 Å². The second kappa shape index (κ2) is 6.72. The first-order valence-corrected chi connectivity index (χ1v) is 7.34. The number of nitrogens with zero attached hydrogens (tertiary/aromatic N) is 1. The van der Waals surface area contributed by atoms with E-state index in [9.17, 15) is 14.7 Å². The Labute approximate surface area is 125 Å². The van der Waals surface area contributed by atoms with Crippen LogP contribution in [-0.4, -0.2) is 41.0 Å². The van der Waals surface area contributed by atoms with Gasteiger partial charge in [-0.25, -0.2) is 0 Å². The van der Waals surface area contributed by atoms with Gasteiger partial charge >= 0.3 is 5.97 Å². The van der Waals surface area contributed by atoms with Gasteiger partial charge in [-0.1, -0.05) is 31.2 Å². The lowest BCUT2D eigenvalue weighted by atomic mass is 9.90. The van der Waals surface area contributed by atoms with Crippen molar-refractivity contribution in [2.24, 2.45) is 0 Å². The fraction of sp³-hybridized carbons (Fsp3) is 0.500. The highest BCUT2D eigenvalue weighted by molar-refractivity contribution is 5.82. The number of fused-ring (bicyclic) bond motifs is 1. The van der Waals surface area contributed by atoms with Crippen LogP contribution < -0.4 is 5.32 Å². The van der Waals surface area contributed by atoms with Gasteiger partial charge in [-0.05, 0) is 24.5 Å². The number of carbonyl (C=O) groups excluding carboxylic acids is 1. The molecule has 1 heterocycles. The van der Waals surface area contributed by atoms with Crippen molar-refractivity contribution < 1.29 is 14.7 Å². The van der Waals surface area contributed by atoms with Crippen LogP contribution in [0.25, 0.3) is 0 Å². The van der Waals surface area contributed by atoms with Crippen molar-refractivity contribution in [3.05, 3.63) is 35.4 Å². The van der Waals surface area contributed by atoms with Gasteiger partial charge in [-0.15, -0.1) is 0 Å². The molecule has 0 radical (unpaired) electrons. The smallest absolute Gasteiger partial charge is 0.312 e. The first kappa shape index (κ1) is 15.5. The first-order chi connectivity index (χ1) is 10.0. The maximum Gasteiger partial charge on any atom is 0.312 e. The van der Waals surface area contributed by atoms with Crippen LogP contribution in [-0.2, 0) is 16.1 Å². The van der Waals surface area contributed by atoms with E-state index in [1.165, 1.54) is 0 Å². The van der Waals surface area contributed by atoms with Gasteiger partial charge in [-0.2, -0.15) is 0 Å². The fourth-order valence-electron chi connectivity index (χ4n) is 2.53. The Morgan fingerprint density at radius 1 is 1.43 bits per heavy atom. The number of rotatable bonds is 5. The molecule has 1 aliphatic heterocycles. The molecule has 2 N–H and O–H groups in total. The average Bonchev–Trinajstić information content (AvgIpc) is 2.50. The van der Waals surface area contributed by atoms with Gasteiger partial charge < -0.3 is 15.3 Å². The summed E-state index contributed by atoms with van der Waals surface area (Å²) in [4.78, 5) is 25.3. The minimum absolute atomic E-state index is 0.0453. The normalized spacial score (nSPS) is 19.0. The third-order valence-corrected chi connectivity index (χ3v) is 4.06. The Hall–Kier alpha value is -1.88. The predicted molar refractivity (Wildman–Crippen MR) is 80.0 cm³/mol. The number of aliphatic carboxylic acids is 1. The molecule has 1 aromatic rings. The highest BCUT2D eigenvalue weighted by Crippen LogP contribution is 2.28. The zero-order valence-corrected chi connectivity index (χ0v) is 12.5. The Kier molecular flexibility index (Phi) is 4.96. The fourth-order valence-corrected chi connectivity index (χ4v) is 2.53. The molecule has 2 rings (SSSR count). The van der Waals surface area contributed by atoms with Crippen LogP contribution in [0.4, 0.5) is 0 Å². The quantitative estimate of drug-likeness (QED) is 0.864. The van der Waals surface area contributed by atoms with E-state index in [2.05, 4.69) is 12.2 Å². The largest absolute Gasteiger partial charge is 0.481 e. The molecule has 1 aromatic carbocycles. The standard InChI is InChI=1S/C16H22N2O3/c1-3-11(2)17-8-15(19)18-9-12-6-4-5-7-13(12)14(10-18)16(20)21/h4-7,11,14,17H,3,8-10H2,1-2H3,(H,20,21). The summed E-state index contributed by atoms with van der Waals surface area (Å²) in [7, 11) is 0. The molecule has 2 unspecified atom stereocenters. The molecule has 0 saturated heterocycles. The van der Waals surface area contributed by atoms with E-state index < -0.39 is 11.9 Å². The third-order valence-electron chi connectivity index (χ3n) is 4.06. The first-order valence-electron chi connectivity index (χ1n) is 7.34. The summed E-state index contributed by atoms with van der Waals surface area (Å²) in [5.41, 5.74) is 1.75. The van der Waals surface area contributed by atoms with Gasteiger partial charge in [0.25, 0.3) is 0 Å². The Morgan fingerprint density at radius 3 is 2.81 bits per heavy atom. The van der Waals surface area contributed by atoms with Crippen molar-refractivity contribution in [3.63, 3.8) is 0 Å². The molecule has 2 atom stereocenters. The van der Waals surface area contributed by atoms with Crippen molar-refractivity contribution >= 4 is 11.9 Å². The number of nitrogens with one attached hydrogen (secondary N) is 1. The van der Waals surface area contributed by atoms with Crippen LogP contribution in [0.5, 0.6) is 0 Å². The number of hydrogen-bond donors (Lipinski definition) is 2. The summed E-state index contributed by atoms with van der Waals surface area (Å²) < 4.78 is 0. The summed E-state index contributed by atoms with van der Waals surface area (Å²) in [5.74, 6) is -1.56. The van der Waals surface area contributed by atoms with Gasteiger partial charge in [0.05, 0.1) is 12.5 Å². The lowest BCUT2D eigenvalue weighted by Gasteiger charge is -2.33. The van der Waals surface area contributed by atoms with E-state index >= 15 is 0 Å². The van der Waals surface area contributed by atoms with Crippen molar-refractivity contribution in [3.8, 4) is 0 Å². The Balaban J connectivity index is 2.10. The van der Waals surface area contributed by atoms with Crippen LogP contribution in [0, 0.1) is 0 Å². The van der Waals surface area contributed by atoms with Crippen LogP contribution in [0.1, 0.15) is 37.3 Å². The summed E-state index contributed by atoms with van der Waals surface area (Å²) in [6.07, 6.45) is 0.952. The van der Waals surface area contributed by atoms with Crippen LogP contribution in [0.15, 0.2) is 24.3 Å². The molecule has 0 fully saturated rings. The topological polar surface area (TPSA) is 69.6 Å². The third kappa shape index (κ3) is 3.61. The van der Waals surface area contributed by atoms with Crippen molar-refractivity contribution in [2.45, 2.75) is 38.8 Å². The molecule has 114 valence electrons. The average molecular weight is 290 g/mol. The summed E-state index contributed by atoms with van der Waals surface area (Å²) in [6, 6.07) is 7.74. The van der Waals surface area contributed by atoms with Crippen LogP contribution >= 0.6 is 0 Å². The van der Waals surface area contributed by atoms with E-state index in [1.807, 2.05) is 31.2 Å². The molecule has 1 aliphatic rings. The summed E-state index contributed by atoms with van der Waals surface area (Å²) in [6.45, 7) is 5.07. The van der Waals surface area contributed by atoms with Gasteiger partial charge in [0.15, 0.2) is 0 Å². The Bertz CT molecular complexity index is 530.